The summed E-state index contributed by atoms with van der Waals surface area (Å²) in [5, 5.41) is 3.34. The van der Waals surface area contributed by atoms with Crippen molar-refractivity contribution in [3.05, 3.63) is 29.8 Å². The standard InChI is InChI=1S/C20H32N4O3S.HI/c1-21-20(23(2)15-18-9-12-27-16-18)22-14-17-7-6-8-19(13-17)28(25,26)24-10-4-3-5-11-24;/h6-8,13,18H,3-5,9-12,14-16H2,1-2H3,(H,21,22);1H. The summed E-state index contributed by atoms with van der Waals surface area (Å²) in [6.07, 6.45) is 4.07. The SMILES string of the molecule is CN=C(NCc1cccc(S(=O)(=O)N2CCCCC2)c1)N(C)CC1CCOC1.I. The van der Waals surface area contributed by atoms with Crippen molar-refractivity contribution in [2.24, 2.45) is 10.9 Å². The van der Waals surface area contributed by atoms with Crippen LogP contribution in [0.1, 0.15) is 31.2 Å². The van der Waals surface area contributed by atoms with Crippen LogP contribution < -0.4 is 5.32 Å². The molecule has 2 fully saturated rings. The maximum atomic E-state index is 12.9. The third-order valence-electron chi connectivity index (χ3n) is 5.43. The lowest BCUT2D eigenvalue weighted by Crippen LogP contribution is -2.41. The molecule has 164 valence electrons. The summed E-state index contributed by atoms with van der Waals surface area (Å²) in [6, 6.07) is 7.22. The average molecular weight is 536 g/mol. The van der Waals surface area contributed by atoms with Gasteiger partial charge in [-0.05, 0) is 37.0 Å². The maximum Gasteiger partial charge on any atom is 0.243 e. The zero-order valence-corrected chi connectivity index (χ0v) is 20.5. The number of guanidine groups is 1. The maximum absolute atomic E-state index is 12.9. The Morgan fingerprint density at radius 2 is 2.07 bits per heavy atom. The van der Waals surface area contributed by atoms with E-state index in [9.17, 15) is 8.42 Å². The molecule has 2 aliphatic heterocycles. The van der Waals surface area contributed by atoms with Crippen LogP contribution in [0.3, 0.4) is 0 Å². The summed E-state index contributed by atoms with van der Waals surface area (Å²) < 4.78 is 32.9. The third kappa shape index (κ3) is 6.53. The van der Waals surface area contributed by atoms with Crippen LogP contribution in [0, 0.1) is 5.92 Å². The molecule has 0 radical (unpaired) electrons. The van der Waals surface area contributed by atoms with Crippen LogP contribution >= 0.6 is 24.0 Å². The van der Waals surface area contributed by atoms with Crippen LogP contribution in [-0.4, -0.2) is 70.5 Å². The van der Waals surface area contributed by atoms with Gasteiger partial charge in [0.1, 0.15) is 0 Å². The molecule has 7 nitrogen and oxygen atoms in total. The van der Waals surface area contributed by atoms with Crippen molar-refractivity contribution in [1.29, 1.82) is 0 Å². The van der Waals surface area contributed by atoms with Crippen LogP contribution in [0.2, 0.25) is 0 Å². The number of piperidine rings is 1. The van der Waals surface area contributed by atoms with Gasteiger partial charge in [0.25, 0.3) is 0 Å². The van der Waals surface area contributed by atoms with Gasteiger partial charge in [0.15, 0.2) is 5.96 Å². The van der Waals surface area contributed by atoms with Crippen molar-refractivity contribution in [3.63, 3.8) is 0 Å². The summed E-state index contributed by atoms with van der Waals surface area (Å²) in [4.78, 5) is 6.83. The van der Waals surface area contributed by atoms with Gasteiger partial charge >= 0.3 is 0 Å². The smallest absolute Gasteiger partial charge is 0.243 e. The lowest BCUT2D eigenvalue weighted by molar-refractivity contribution is 0.181. The predicted octanol–water partition coefficient (Wildman–Crippen LogP) is 2.52. The Bertz CT molecular complexity index is 776. The van der Waals surface area contributed by atoms with Crippen LogP contribution in [0.5, 0.6) is 0 Å². The van der Waals surface area contributed by atoms with Crippen molar-refractivity contribution >= 4 is 40.0 Å². The number of rotatable bonds is 6. The number of nitrogens with one attached hydrogen (secondary N) is 1. The highest BCUT2D eigenvalue weighted by molar-refractivity contribution is 14.0. The Labute approximate surface area is 192 Å². The van der Waals surface area contributed by atoms with Crippen LogP contribution in [0.4, 0.5) is 0 Å². The van der Waals surface area contributed by atoms with Gasteiger partial charge in [-0.15, -0.1) is 24.0 Å². The zero-order valence-electron chi connectivity index (χ0n) is 17.3. The molecule has 1 N–H and O–H groups in total. The lowest BCUT2D eigenvalue weighted by Gasteiger charge is -2.26. The average Bonchev–Trinajstić information content (AvgIpc) is 3.22. The normalized spacial score (nSPS) is 20.9. The van der Waals surface area contributed by atoms with Gasteiger partial charge in [0.2, 0.25) is 10.0 Å². The van der Waals surface area contributed by atoms with Gasteiger partial charge in [0, 0.05) is 52.8 Å². The first-order chi connectivity index (χ1) is 13.5. The van der Waals surface area contributed by atoms with E-state index in [0.717, 1.165) is 57.0 Å². The summed E-state index contributed by atoms with van der Waals surface area (Å²) in [5.74, 6) is 1.33. The van der Waals surface area contributed by atoms with Gasteiger partial charge in [-0.25, -0.2) is 8.42 Å². The molecule has 0 saturated carbocycles. The summed E-state index contributed by atoms with van der Waals surface area (Å²) in [7, 11) is 0.374. The Morgan fingerprint density at radius 3 is 2.72 bits per heavy atom. The molecule has 2 saturated heterocycles. The fourth-order valence-electron chi connectivity index (χ4n) is 3.84. The molecule has 0 aliphatic carbocycles. The predicted molar refractivity (Wildman–Crippen MR) is 126 cm³/mol. The second kappa shape index (κ2) is 11.5. The molecule has 1 aromatic rings. The Balaban J connectivity index is 0.00000300. The third-order valence-corrected chi connectivity index (χ3v) is 7.33. The topological polar surface area (TPSA) is 74.2 Å². The molecular formula is C20H33IN4O3S. The van der Waals surface area contributed by atoms with E-state index in [1.54, 1.807) is 23.5 Å². The minimum Gasteiger partial charge on any atom is -0.381 e. The first-order valence-corrected chi connectivity index (χ1v) is 11.5. The molecule has 0 spiro atoms. The minimum absolute atomic E-state index is 0. The molecule has 1 aromatic carbocycles. The molecule has 0 amide bonds. The number of benzene rings is 1. The number of halogens is 1. The molecule has 29 heavy (non-hydrogen) atoms. The van der Waals surface area contributed by atoms with Crippen molar-refractivity contribution in [3.8, 4) is 0 Å². The Morgan fingerprint density at radius 1 is 1.31 bits per heavy atom. The Hall–Kier alpha value is -0.910. The van der Waals surface area contributed by atoms with E-state index < -0.39 is 10.0 Å². The summed E-state index contributed by atoms with van der Waals surface area (Å²) in [6.45, 7) is 4.30. The number of hydrogen-bond acceptors (Lipinski definition) is 4. The van der Waals surface area contributed by atoms with E-state index in [0.29, 0.717) is 30.4 Å². The molecule has 2 heterocycles. The first kappa shape index (κ1) is 24.4. The van der Waals surface area contributed by atoms with Crippen LogP contribution in [0.15, 0.2) is 34.2 Å². The molecule has 1 atom stereocenters. The molecule has 2 aliphatic rings. The van der Waals surface area contributed by atoms with E-state index in [4.69, 9.17) is 4.74 Å². The first-order valence-electron chi connectivity index (χ1n) is 10.1. The van der Waals surface area contributed by atoms with E-state index in [2.05, 4.69) is 15.2 Å². The van der Waals surface area contributed by atoms with Crippen molar-refractivity contribution in [2.75, 3.05) is 46.9 Å². The van der Waals surface area contributed by atoms with Gasteiger partial charge < -0.3 is 15.0 Å². The quantitative estimate of drug-likeness (QED) is 0.344. The molecule has 1 unspecified atom stereocenters. The molecule has 3 rings (SSSR count). The van der Waals surface area contributed by atoms with Crippen LogP contribution in [0.25, 0.3) is 0 Å². The van der Waals surface area contributed by atoms with Crippen molar-refractivity contribution in [1.82, 2.24) is 14.5 Å². The highest BCUT2D eigenvalue weighted by Crippen LogP contribution is 2.21. The molecular weight excluding hydrogens is 503 g/mol. The number of ether oxygens (including phenoxy) is 1. The fraction of sp³-hybridized carbons (Fsp3) is 0.650. The van der Waals surface area contributed by atoms with E-state index in [-0.39, 0.29) is 24.0 Å². The Kier molecular flexibility index (Phi) is 9.64. The van der Waals surface area contributed by atoms with Crippen molar-refractivity contribution in [2.45, 2.75) is 37.1 Å². The largest absolute Gasteiger partial charge is 0.381 e. The summed E-state index contributed by atoms with van der Waals surface area (Å²) >= 11 is 0. The monoisotopic (exact) mass is 536 g/mol. The van der Waals surface area contributed by atoms with Gasteiger partial charge in [0.05, 0.1) is 11.5 Å². The number of nitrogens with zero attached hydrogens (tertiary/aromatic N) is 3. The molecule has 0 bridgehead atoms. The molecule has 9 heteroatoms. The van der Waals surface area contributed by atoms with Gasteiger partial charge in [-0.3, -0.25) is 4.99 Å². The second-order valence-corrected chi connectivity index (χ2v) is 9.56. The minimum atomic E-state index is -3.41. The number of sulfonamides is 1. The highest BCUT2D eigenvalue weighted by atomic mass is 127. The van der Waals surface area contributed by atoms with E-state index in [1.807, 2.05) is 19.2 Å². The van der Waals surface area contributed by atoms with Gasteiger partial charge in [-0.2, -0.15) is 4.31 Å². The van der Waals surface area contributed by atoms with E-state index in [1.165, 1.54) is 0 Å². The summed E-state index contributed by atoms with van der Waals surface area (Å²) in [5.41, 5.74) is 0.928. The van der Waals surface area contributed by atoms with Gasteiger partial charge in [-0.1, -0.05) is 18.6 Å². The fourth-order valence-corrected chi connectivity index (χ4v) is 5.43. The van der Waals surface area contributed by atoms with Crippen LogP contribution in [-0.2, 0) is 21.3 Å². The number of aliphatic imine (C=N–C) groups is 1. The van der Waals surface area contributed by atoms with E-state index >= 15 is 0 Å². The molecule has 0 aromatic heterocycles. The highest BCUT2D eigenvalue weighted by Gasteiger charge is 2.26. The number of hydrogen-bond donors (Lipinski definition) is 1. The van der Waals surface area contributed by atoms with Crippen molar-refractivity contribution < 1.29 is 13.2 Å². The zero-order chi connectivity index (χ0) is 20.0. The second-order valence-electron chi connectivity index (χ2n) is 7.62. The lowest BCUT2D eigenvalue weighted by atomic mass is 10.1.